The number of hydrogen-bond acceptors (Lipinski definition) is 4. The number of esters is 1. The van der Waals surface area contributed by atoms with E-state index in [2.05, 4.69) is 34.8 Å². The zero-order valence-electron chi connectivity index (χ0n) is 17.3. The van der Waals surface area contributed by atoms with Crippen molar-refractivity contribution in [3.63, 3.8) is 0 Å². The summed E-state index contributed by atoms with van der Waals surface area (Å²) in [5.74, 6) is 0.886. The van der Waals surface area contributed by atoms with Crippen LogP contribution in [0.2, 0.25) is 0 Å². The number of rotatable bonds is 5. The largest absolute Gasteiger partial charge is 0.504 e. The molecule has 0 spiro atoms. The fraction of sp³-hybridized carbons (Fsp3) is 0.391. The van der Waals surface area contributed by atoms with E-state index in [0.29, 0.717) is 11.5 Å². The molecule has 0 unspecified atom stereocenters. The van der Waals surface area contributed by atoms with Crippen LogP contribution in [0.15, 0.2) is 42.3 Å². The Hall–Kier alpha value is -3.02. The number of hydrogen-bond donors (Lipinski definition) is 1. The molecule has 0 radical (unpaired) electrons. The van der Waals surface area contributed by atoms with Crippen molar-refractivity contribution in [3.8, 4) is 5.75 Å². The molecule has 152 valence electrons. The first-order chi connectivity index (χ1) is 14.1. The van der Waals surface area contributed by atoms with Crippen molar-refractivity contribution < 1.29 is 23.6 Å². The van der Waals surface area contributed by atoms with Crippen molar-refractivity contribution in [2.75, 3.05) is 21.3 Å². The van der Waals surface area contributed by atoms with Crippen LogP contribution in [0.4, 0.5) is 0 Å². The zero-order valence-corrected chi connectivity index (χ0v) is 17.3. The van der Waals surface area contributed by atoms with Gasteiger partial charge in [0.05, 0.1) is 38.7 Å². The number of H-pyrrole nitrogens is 1. The van der Waals surface area contributed by atoms with Crippen molar-refractivity contribution in [1.29, 1.82) is 0 Å². The Balaban J connectivity index is 1.89. The van der Waals surface area contributed by atoms with Gasteiger partial charge in [-0.3, -0.25) is 0 Å². The molecule has 6 nitrogen and oxygen atoms in total. The summed E-state index contributed by atoms with van der Waals surface area (Å²) in [6.07, 6.45) is 5.39. The molecule has 3 aromatic rings. The molecule has 0 saturated heterocycles. The lowest BCUT2D eigenvalue weighted by molar-refractivity contribution is -0.716. The third-order valence-corrected chi connectivity index (χ3v) is 6.10. The van der Waals surface area contributed by atoms with E-state index < -0.39 is 0 Å². The Kier molecular flexibility index (Phi) is 5.18. The summed E-state index contributed by atoms with van der Waals surface area (Å²) >= 11 is 0. The van der Waals surface area contributed by atoms with Gasteiger partial charge < -0.3 is 19.2 Å². The van der Waals surface area contributed by atoms with E-state index in [1.807, 2.05) is 12.1 Å². The maximum atomic E-state index is 12.5. The number of pyridine rings is 1. The van der Waals surface area contributed by atoms with Gasteiger partial charge in [-0.15, -0.1) is 0 Å². The fourth-order valence-corrected chi connectivity index (χ4v) is 4.66. The van der Waals surface area contributed by atoms with Crippen LogP contribution in [0.3, 0.4) is 0 Å². The normalized spacial score (nSPS) is 19.2. The standard InChI is InChI=1S/C23H26N2O4/c1-5-14-12-25-10-9-15-21-18(7-6-8-20(21)28-3)24-22(15)19(25)11-16(14)17(13-27-2)23(26)29-4/h6-10,13-14,16H,5,11-12H2,1-4H3/p+1/b17-13-/t14-,16+/m1/s1. The zero-order chi connectivity index (χ0) is 20.5. The van der Waals surface area contributed by atoms with Gasteiger partial charge in [-0.25, -0.2) is 9.36 Å². The van der Waals surface area contributed by atoms with E-state index in [1.165, 1.54) is 12.8 Å². The van der Waals surface area contributed by atoms with Crippen molar-refractivity contribution >= 4 is 27.8 Å². The van der Waals surface area contributed by atoms with Crippen molar-refractivity contribution in [2.45, 2.75) is 26.3 Å². The van der Waals surface area contributed by atoms with Crippen LogP contribution in [0.25, 0.3) is 21.8 Å². The van der Waals surface area contributed by atoms with Crippen LogP contribution in [0.5, 0.6) is 5.75 Å². The average molecular weight is 395 g/mol. The van der Waals surface area contributed by atoms with Gasteiger partial charge in [0, 0.05) is 35.1 Å². The predicted molar refractivity (Wildman–Crippen MR) is 111 cm³/mol. The summed E-state index contributed by atoms with van der Waals surface area (Å²) in [7, 11) is 4.68. The van der Waals surface area contributed by atoms with Gasteiger partial charge in [-0.2, -0.15) is 0 Å². The molecule has 0 aliphatic carbocycles. The van der Waals surface area contributed by atoms with Gasteiger partial charge in [0.15, 0.2) is 12.7 Å². The van der Waals surface area contributed by atoms with E-state index in [4.69, 9.17) is 14.2 Å². The van der Waals surface area contributed by atoms with Gasteiger partial charge in [0.2, 0.25) is 5.69 Å². The molecule has 2 aromatic heterocycles. The predicted octanol–water partition coefficient (Wildman–Crippen LogP) is 3.52. The Morgan fingerprint density at radius 2 is 2.10 bits per heavy atom. The minimum absolute atomic E-state index is 0.0336. The van der Waals surface area contributed by atoms with E-state index in [1.54, 1.807) is 20.5 Å². The summed E-state index contributed by atoms with van der Waals surface area (Å²) < 4.78 is 18.2. The summed E-state index contributed by atoms with van der Waals surface area (Å²) in [4.78, 5) is 16.0. The molecule has 3 heterocycles. The third kappa shape index (κ3) is 3.12. The van der Waals surface area contributed by atoms with Gasteiger partial charge in [0.1, 0.15) is 11.3 Å². The highest BCUT2D eigenvalue weighted by molar-refractivity contribution is 6.10. The van der Waals surface area contributed by atoms with Crippen molar-refractivity contribution in [2.24, 2.45) is 11.8 Å². The Morgan fingerprint density at radius 3 is 2.79 bits per heavy atom. The minimum atomic E-state index is -0.325. The minimum Gasteiger partial charge on any atom is -0.504 e. The van der Waals surface area contributed by atoms with Gasteiger partial charge in [-0.05, 0) is 18.6 Å². The van der Waals surface area contributed by atoms with Crippen LogP contribution >= 0.6 is 0 Å². The molecule has 0 saturated carbocycles. The van der Waals surface area contributed by atoms with Gasteiger partial charge in [0.25, 0.3) is 0 Å². The van der Waals surface area contributed by atoms with Crippen LogP contribution in [0.1, 0.15) is 19.0 Å². The lowest BCUT2D eigenvalue weighted by Gasteiger charge is -2.29. The summed E-state index contributed by atoms with van der Waals surface area (Å²) in [5, 5.41) is 2.22. The number of nitrogens with one attached hydrogen (secondary N) is 1. The molecule has 0 amide bonds. The summed E-state index contributed by atoms with van der Waals surface area (Å²) in [5.41, 5.74) is 3.91. The van der Waals surface area contributed by atoms with Crippen LogP contribution in [-0.4, -0.2) is 32.3 Å². The molecule has 1 aliphatic rings. The topological polar surface area (TPSA) is 64.4 Å². The summed E-state index contributed by atoms with van der Waals surface area (Å²) in [6, 6.07) is 8.19. The smallest absolute Gasteiger partial charge is 0.337 e. The Morgan fingerprint density at radius 1 is 1.28 bits per heavy atom. The van der Waals surface area contributed by atoms with Crippen LogP contribution < -0.4 is 9.30 Å². The van der Waals surface area contributed by atoms with Crippen molar-refractivity contribution in [1.82, 2.24) is 4.98 Å². The van der Waals surface area contributed by atoms with Crippen molar-refractivity contribution in [3.05, 3.63) is 48.0 Å². The molecule has 0 bridgehead atoms. The molecular weight excluding hydrogens is 368 g/mol. The SMILES string of the molecule is CC[C@@H]1C[n+]2ccc3c([nH]c4cccc(OC)c43)c2C[C@@H]1/C(=C/OC)C(=O)OC. The molecule has 1 N–H and O–H groups in total. The third-order valence-electron chi connectivity index (χ3n) is 6.10. The van der Waals surface area contributed by atoms with Crippen LogP contribution in [-0.2, 0) is 27.2 Å². The average Bonchev–Trinajstić information content (AvgIpc) is 3.15. The first-order valence-corrected chi connectivity index (χ1v) is 9.93. The highest BCUT2D eigenvalue weighted by atomic mass is 16.5. The number of aromatic amines is 1. The molecule has 2 atom stereocenters. The second kappa shape index (κ2) is 7.78. The van der Waals surface area contributed by atoms with E-state index >= 15 is 0 Å². The molecule has 6 heteroatoms. The molecule has 4 rings (SSSR count). The second-order valence-corrected chi connectivity index (χ2v) is 7.49. The number of aromatic nitrogens is 2. The number of fused-ring (bicyclic) bond motifs is 5. The number of ether oxygens (including phenoxy) is 3. The van der Waals surface area contributed by atoms with E-state index in [0.717, 1.165) is 46.9 Å². The number of carbonyl (C=O) groups is 1. The first kappa shape index (κ1) is 19.3. The van der Waals surface area contributed by atoms with E-state index in [9.17, 15) is 4.79 Å². The Bertz CT molecular complexity index is 1100. The monoisotopic (exact) mass is 395 g/mol. The molecule has 1 aliphatic heterocycles. The lowest BCUT2D eigenvalue weighted by atomic mass is 9.78. The second-order valence-electron chi connectivity index (χ2n) is 7.49. The number of nitrogens with zero attached hydrogens (tertiary/aromatic N) is 1. The fourth-order valence-electron chi connectivity index (χ4n) is 4.66. The van der Waals surface area contributed by atoms with Gasteiger partial charge in [-0.1, -0.05) is 13.0 Å². The highest BCUT2D eigenvalue weighted by Crippen LogP contribution is 2.37. The van der Waals surface area contributed by atoms with Crippen LogP contribution in [0, 0.1) is 11.8 Å². The van der Waals surface area contributed by atoms with E-state index in [-0.39, 0.29) is 11.9 Å². The molecule has 29 heavy (non-hydrogen) atoms. The lowest BCUT2D eigenvalue weighted by Crippen LogP contribution is -2.49. The highest BCUT2D eigenvalue weighted by Gasteiger charge is 2.39. The number of benzene rings is 1. The maximum absolute atomic E-state index is 12.5. The molecular formula is C23H27N2O4+. The molecule has 1 aromatic carbocycles. The maximum Gasteiger partial charge on any atom is 0.337 e. The Labute approximate surface area is 170 Å². The van der Waals surface area contributed by atoms with Gasteiger partial charge >= 0.3 is 5.97 Å². The number of methoxy groups -OCH3 is 3. The summed E-state index contributed by atoms with van der Waals surface area (Å²) in [6.45, 7) is 3.01. The number of carbonyl (C=O) groups excluding carboxylic acids is 1. The quantitative estimate of drug-likeness (QED) is 0.311. The molecule has 0 fully saturated rings. The first-order valence-electron chi connectivity index (χ1n) is 9.93.